The van der Waals surface area contributed by atoms with Gasteiger partial charge in [0.15, 0.2) is 18.2 Å². The summed E-state index contributed by atoms with van der Waals surface area (Å²) < 4.78 is 9.91. The molecule has 2 aromatic rings. The molecule has 1 heterocycles. The number of para-hydroxylation sites is 2. The first kappa shape index (κ1) is 13.5. The van der Waals surface area contributed by atoms with Crippen molar-refractivity contribution in [1.82, 2.24) is 5.16 Å². The lowest BCUT2D eigenvalue weighted by Gasteiger charge is -2.05. The molecule has 0 saturated heterocycles. The van der Waals surface area contributed by atoms with Gasteiger partial charge in [0.05, 0.1) is 4.92 Å². The van der Waals surface area contributed by atoms with Crippen molar-refractivity contribution < 1.29 is 19.0 Å². The van der Waals surface area contributed by atoms with Crippen molar-refractivity contribution >= 4 is 17.4 Å². The number of ether oxygens (including phenoxy) is 1. The van der Waals surface area contributed by atoms with Gasteiger partial charge in [-0.1, -0.05) is 17.3 Å². The van der Waals surface area contributed by atoms with Gasteiger partial charge in [0.1, 0.15) is 5.76 Å². The van der Waals surface area contributed by atoms with Crippen LogP contribution in [0.5, 0.6) is 5.75 Å². The number of nitro benzene ring substituents is 1. The zero-order chi connectivity index (χ0) is 14.5. The molecule has 0 spiro atoms. The van der Waals surface area contributed by atoms with Crippen LogP contribution in [0.3, 0.4) is 0 Å². The molecule has 8 heteroatoms. The quantitative estimate of drug-likeness (QED) is 0.660. The molecule has 0 bridgehead atoms. The highest BCUT2D eigenvalue weighted by Gasteiger charge is 2.15. The second-order valence-electron chi connectivity index (χ2n) is 3.88. The molecule has 104 valence electrons. The second kappa shape index (κ2) is 5.83. The molecular weight excluding hydrogens is 266 g/mol. The van der Waals surface area contributed by atoms with Gasteiger partial charge in [-0.05, 0) is 13.0 Å². The van der Waals surface area contributed by atoms with Crippen LogP contribution >= 0.6 is 0 Å². The highest BCUT2D eigenvalue weighted by atomic mass is 16.6. The Kier molecular flexibility index (Phi) is 3.94. The summed E-state index contributed by atoms with van der Waals surface area (Å²) >= 11 is 0. The molecule has 2 rings (SSSR count). The maximum Gasteiger partial charge on any atom is 0.310 e. The van der Waals surface area contributed by atoms with Crippen LogP contribution in [0.25, 0.3) is 0 Å². The van der Waals surface area contributed by atoms with Gasteiger partial charge in [0.2, 0.25) is 0 Å². The predicted molar refractivity (Wildman–Crippen MR) is 68.5 cm³/mol. The van der Waals surface area contributed by atoms with Gasteiger partial charge < -0.3 is 14.6 Å². The number of carbonyl (C=O) groups is 1. The number of aromatic nitrogens is 1. The van der Waals surface area contributed by atoms with Gasteiger partial charge in [-0.25, -0.2) is 0 Å². The van der Waals surface area contributed by atoms with Crippen molar-refractivity contribution in [2.75, 3.05) is 11.9 Å². The van der Waals surface area contributed by atoms with Crippen molar-refractivity contribution in [1.29, 1.82) is 0 Å². The predicted octanol–water partition coefficient (Wildman–Crippen LogP) is 1.91. The van der Waals surface area contributed by atoms with Crippen LogP contribution in [0.1, 0.15) is 5.76 Å². The Labute approximate surface area is 113 Å². The van der Waals surface area contributed by atoms with Crippen LogP contribution in [0, 0.1) is 17.0 Å². The Morgan fingerprint density at radius 3 is 2.90 bits per heavy atom. The Morgan fingerprint density at radius 2 is 2.25 bits per heavy atom. The standard InChI is InChI=1S/C12H11N3O5/c1-8-6-11(14-20-8)13-12(16)7-19-10-5-3-2-4-9(10)15(17)18/h2-6H,7H2,1H3,(H,13,14,16). The largest absolute Gasteiger partial charge is 0.477 e. The number of aryl methyl sites for hydroxylation is 1. The molecule has 0 aliphatic rings. The minimum absolute atomic E-state index is 0.0315. The summed E-state index contributed by atoms with van der Waals surface area (Å²) in [6.45, 7) is 1.32. The number of hydrogen-bond donors (Lipinski definition) is 1. The highest BCUT2D eigenvalue weighted by Crippen LogP contribution is 2.25. The van der Waals surface area contributed by atoms with Crippen LogP contribution in [0.2, 0.25) is 0 Å². The van der Waals surface area contributed by atoms with Crippen molar-refractivity contribution in [2.45, 2.75) is 6.92 Å². The summed E-state index contributed by atoms with van der Waals surface area (Å²) in [7, 11) is 0. The Morgan fingerprint density at radius 1 is 1.50 bits per heavy atom. The summed E-state index contributed by atoms with van der Waals surface area (Å²) in [5, 5.41) is 16.8. The fraction of sp³-hybridized carbons (Fsp3) is 0.167. The van der Waals surface area contributed by atoms with Crippen LogP contribution in [-0.2, 0) is 4.79 Å². The lowest BCUT2D eigenvalue weighted by atomic mass is 10.3. The molecule has 0 radical (unpaired) electrons. The molecule has 0 aliphatic heterocycles. The first-order valence-corrected chi connectivity index (χ1v) is 5.65. The smallest absolute Gasteiger partial charge is 0.310 e. The molecule has 0 unspecified atom stereocenters. The number of nitro groups is 1. The second-order valence-corrected chi connectivity index (χ2v) is 3.88. The average molecular weight is 277 g/mol. The van der Waals surface area contributed by atoms with Gasteiger partial charge in [-0.3, -0.25) is 14.9 Å². The molecule has 1 aromatic carbocycles. The SMILES string of the molecule is Cc1cc(NC(=O)COc2ccccc2[N+](=O)[O-])no1. The normalized spacial score (nSPS) is 10.1. The molecule has 20 heavy (non-hydrogen) atoms. The third-order valence-corrected chi connectivity index (χ3v) is 2.32. The van der Waals surface area contributed by atoms with Gasteiger partial charge in [0.25, 0.3) is 5.91 Å². The molecule has 1 aromatic heterocycles. The Hall–Kier alpha value is -2.90. The zero-order valence-electron chi connectivity index (χ0n) is 10.5. The van der Waals surface area contributed by atoms with Crippen LogP contribution in [-0.4, -0.2) is 22.6 Å². The zero-order valence-corrected chi connectivity index (χ0v) is 10.5. The molecule has 0 saturated carbocycles. The molecule has 1 N–H and O–H groups in total. The summed E-state index contributed by atoms with van der Waals surface area (Å²) in [4.78, 5) is 21.8. The molecule has 1 amide bonds. The van der Waals surface area contributed by atoms with Crippen molar-refractivity contribution in [2.24, 2.45) is 0 Å². The summed E-state index contributed by atoms with van der Waals surface area (Å²) in [6.07, 6.45) is 0. The maximum absolute atomic E-state index is 11.6. The maximum atomic E-state index is 11.6. The lowest BCUT2D eigenvalue weighted by Crippen LogP contribution is -2.20. The monoisotopic (exact) mass is 277 g/mol. The van der Waals surface area contributed by atoms with Crippen molar-refractivity contribution in [3.63, 3.8) is 0 Å². The number of carbonyl (C=O) groups excluding carboxylic acids is 1. The first-order chi connectivity index (χ1) is 9.56. The number of amides is 1. The van der Waals surface area contributed by atoms with Gasteiger partial charge in [-0.2, -0.15) is 0 Å². The fourth-order valence-electron chi connectivity index (χ4n) is 1.48. The van der Waals surface area contributed by atoms with E-state index in [-0.39, 0.29) is 23.9 Å². The average Bonchev–Trinajstić information content (AvgIpc) is 2.82. The van der Waals surface area contributed by atoms with E-state index in [2.05, 4.69) is 10.5 Å². The Balaban J connectivity index is 1.95. The van der Waals surface area contributed by atoms with E-state index in [0.29, 0.717) is 5.76 Å². The molecule has 0 fully saturated rings. The lowest BCUT2D eigenvalue weighted by molar-refractivity contribution is -0.385. The number of nitrogens with zero attached hydrogens (tertiary/aromatic N) is 2. The number of hydrogen-bond acceptors (Lipinski definition) is 6. The van der Waals surface area contributed by atoms with E-state index >= 15 is 0 Å². The first-order valence-electron chi connectivity index (χ1n) is 5.65. The Bertz CT molecular complexity index is 638. The van der Waals surface area contributed by atoms with E-state index in [9.17, 15) is 14.9 Å². The number of rotatable bonds is 5. The van der Waals surface area contributed by atoms with Crippen LogP contribution in [0.4, 0.5) is 11.5 Å². The third-order valence-electron chi connectivity index (χ3n) is 2.32. The van der Waals surface area contributed by atoms with Crippen molar-refractivity contribution in [3.05, 3.63) is 46.2 Å². The van der Waals surface area contributed by atoms with E-state index in [1.165, 1.54) is 18.2 Å². The number of benzene rings is 1. The summed E-state index contributed by atoms with van der Waals surface area (Å²) in [5.74, 6) is 0.360. The van der Waals surface area contributed by atoms with Gasteiger partial charge in [-0.15, -0.1) is 0 Å². The molecule has 8 nitrogen and oxygen atoms in total. The summed E-state index contributed by atoms with van der Waals surface area (Å²) in [6, 6.07) is 7.37. The fourth-order valence-corrected chi connectivity index (χ4v) is 1.48. The van der Waals surface area contributed by atoms with Crippen LogP contribution < -0.4 is 10.1 Å². The molecular formula is C12H11N3O5. The highest BCUT2D eigenvalue weighted by molar-refractivity contribution is 5.90. The van der Waals surface area contributed by atoms with Gasteiger partial charge >= 0.3 is 5.69 Å². The number of anilines is 1. The molecule has 0 atom stereocenters. The van der Waals surface area contributed by atoms with E-state index in [1.807, 2.05) is 0 Å². The van der Waals surface area contributed by atoms with E-state index in [1.54, 1.807) is 19.1 Å². The number of nitrogens with one attached hydrogen (secondary N) is 1. The van der Waals surface area contributed by atoms with Gasteiger partial charge in [0, 0.05) is 12.1 Å². The third kappa shape index (κ3) is 3.31. The van der Waals surface area contributed by atoms with E-state index in [0.717, 1.165) is 0 Å². The summed E-state index contributed by atoms with van der Waals surface area (Å²) in [5.41, 5.74) is -0.197. The van der Waals surface area contributed by atoms with E-state index in [4.69, 9.17) is 9.26 Å². The minimum atomic E-state index is -0.575. The molecule has 0 aliphatic carbocycles. The minimum Gasteiger partial charge on any atom is -0.477 e. The van der Waals surface area contributed by atoms with Crippen molar-refractivity contribution in [3.8, 4) is 5.75 Å². The van der Waals surface area contributed by atoms with E-state index < -0.39 is 10.8 Å². The topological polar surface area (TPSA) is 108 Å². The van der Waals surface area contributed by atoms with Crippen LogP contribution in [0.15, 0.2) is 34.9 Å².